The zero-order valence-corrected chi connectivity index (χ0v) is 15.6. The first-order valence-corrected chi connectivity index (χ1v) is 9.76. The highest BCUT2D eigenvalue weighted by Gasteiger charge is 2.37. The van der Waals surface area contributed by atoms with Crippen molar-refractivity contribution in [3.8, 4) is 0 Å². The summed E-state index contributed by atoms with van der Waals surface area (Å²) in [4.78, 5) is 26.4. The fraction of sp³-hybridized carbons (Fsp3) is 0.476. The summed E-state index contributed by atoms with van der Waals surface area (Å²) in [7, 11) is 0. The normalized spacial score (nSPS) is 19.6. The van der Waals surface area contributed by atoms with Crippen LogP contribution in [0.3, 0.4) is 0 Å². The van der Waals surface area contributed by atoms with Crippen LogP contribution in [0.5, 0.6) is 0 Å². The fourth-order valence-corrected chi connectivity index (χ4v) is 4.26. The Labute approximate surface area is 159 Å². The number of piperidine rings is 1. The third kappa shape index (κ3) is 4.04. The highest BCUT2D eigenvalue weighted by atomic mass is 16.2. The molecule has 4 rings (SSSR count). The zero-order chi connectivity index (χ0) is 18.7. The van der Waals surface area contributed by atoms with Gasteiger partial charge in [-0.2, -0.15) is 5.10 Å². The number of carbonyl (C=O) groups is 2. The number of hydrogen-bond acceptors (Lipinski definition) is 3. The molecule has 142 valence electrons. The summed E-state index contributed by atoms with van der Waals surface area (Å²) < 4.78 is 1.82. The molecule has 2 aromatic rings. The van der Waals surface area contributed by atoms with E-state index in [1.54, 1.807) is 6.20 Å². The van der Waals surface area contributed by atoms with E-state index in [1.165, 1.54) is 0 Å². The number of benzene rings is 1. The van der Waals surface area contributed by atoms with E-state index in [0.717, 1.165) is 50.9 Å². The molecule has 0 atom stereocenters. The highest BCUT2D eigenvalue weighted by Crippen LogP contribution is 2.40. The molecule has 6 nitrogen and oxygen atoms in total. The number of carbonyl (C=O) groups excluding carboxylic acids is 2. The van der Waals surface area contributed by atoms with Crippen molar-refractivity contribution in [1.29, 1.82) is 0 Å². The molecular weight excluding hydrogens is 340 g/mol. The monoisotopic (exact) mass is 366 g/mol. The van der Waals surface area contributed by atoms with Crippen molar-refractivity contribution in [2.75, 3.05) is 19.6 Å². The second kappa shape index (κ2) is 7.55. The molecule has 1 spiro atoms. The average molecular weight is 366 g/mol. The van der Waals surface area contributed by atoms with Gasteiger partial charge in [0.2, 0.25) is 5.91 Å². The van der Waals surface area contributed by atoms with Gasteiger partial charge in [0.25, 0.3) is 5.91 Å². The van der Waals surface area contributed by atoms with Crippen molar-refractivity contribution >= 4 is 11.8 Å². The van der Waals surface area contributed by atoms with E-state index in [2.05, 4.69) is 22.5 Å². The average Bonchev–Trinajstić information content (AvgIpc) is 3.08. The van der Waals surface area contributed by atoms with Crippen LogP contribution in [0.4, 0.5) is 0 Å². The minimum Gasteiger partial charge on any atom is -0.356 e. The first-order valence-electron chi connectivity index (χ1n) is 9.76. The van der Waals surface area contributed by atoms with Gasteiger partial charge in [0.05, 0.1) is 18.3 Å². The van der Waals surface area contributed by atoms with Crippen molar-refractivity contribution in [2.24, 2.45) is 5.41 Å². The molecule has 0 unspecified atom stereocenters. The first kappa shape index (κ1) is 17.8. The second-order valence-electron chi connectivity index (χ2n) is 7.80. The molecule has 1 N–H and O–H groups in total. The molecular formula is C21H26N4O2. The number of rotatable bonds is 3. The third-order valence-corrected chi connectivity index (χ3v) is 6.04. The first-order chi connectivity index (χ1) is 13.1. The lowest BCUT2D eigenvalue weighted by molar-refractivity contribution is -0.121. The van der Waals surface area contributed by atoms with Crippen LogP contribution >= 0.6 is 0 Å². The SMILES string of the molecule is O=C1CCC2(CCN1)CCN(C(=O)c1cnn(Cc3ccccc3)c1)CC2. The van der Waals surface area contributed by atoms with Gasteiger partial charge in [0.15, 0.2) is 0 Å². The van der Waals surface area contributed by atoms with Gasteiger partial charge < -0.3 is 10.2 Å². The Kier molecular flexibility index (Phi) is 4.97. The number of nitrogens with one attached hydrogen (secondary N) is 1. The molecule has 3 heterocycles. The summed E-state index contributed by atoms with van der Waals surface area (Å²) in [5.74, 6) is 0.225. The van der Waals surface area contributed by atoms with Crippen LogP contribution in [0.25, 0.3) is 0 Å². The lowest BCUT2D eigenvalue weighted by Crippen LogP contribution is -2.43. The van der Waals surface area contributed by atoms with E-state index in [-0.39, 0.29) is 17.2 Å². The van der Waals surface area contributed by atoms with Crippen molar-refractivity contribution < 1.29 is 9.59 Å². The molecule has 2 saturated heterocycles. The Morgan fingerprint density at radius 2 is 1.89 bits per heavy atom. The van der Waals surface area contributed by atoms with Gasteiger partial charge in [-0.3, -0.25) is 14.3 Å². The second-order valence-corrected chi connectivity index (χ2v) is 7.80. The molecule has 2 fully saturated rings. The van der Waals surface area contributed by atoms with Crippen LogP contribution in [0, 0.1) is 5.41 Å². The summed E-state index contributed by atoms with van der Waals surface area (Å²) >= 11 is 0. The third-order valence-electron chi connectivity index (χ3n) is 6.04. The molecule has 6 heteroatoms. The Balaban J connectivity index is 1.36. The molecule has 2 aliphatic rings. The van der Waals surface area contributed by atoms with E-state index >= 15 is 0 Å². The van der Waals surface area contributed by atoms with Crippen LogP contribution < -0.4 is 5.32 Å². The maximum absolute atomic E-state index is 12.9. The van der Waals surface area contributed by atoms with E-state index < -0.39 is 0 Å². The molecule has 0 bridgehead atoms. The van der Waals surface area contributed by atoms with E-state index in [4.69, 9.17) is 0 Å². The van der Waals surface area contributed by atoms with Gasteiger partial charge in [-0.25, -0.2) is 0 Å². The lowest BCUT2D eigenvalue weighted by Gasteiger charge is -2.41. The standard InChI is InChI=1S/C21H26N4O2/c26-19-6-7-21(8-11-22-19)9-12-24(13-10-21)20(27)18-14-23-25(16-18)15-17-4-2-1-3-5-17/h1-5,14,16H,6-13,15H2,(H,22,26). The number of nitrogens with zero attached hydrogens (tertiary/aromatic N) is 3. The van der Waals surface area contributed by atoms with Crippen LogP contribution in [-0.2, 0) is 11.3 Å². The molecule has 0 radical (unpaired) electrons. The van der Waals surface area contributed by atoms with Crippen LogP contribution in [0.15, 0.2) is 42.7 Å². The van der Waals surface area contributed by atoms with Gasteiger partial charge in [-0.05, 0) is 36.7 Å². The minimum absolute atomic E-state index is 0.0620. The molecule has 0 saturated carbocycles. The van der Waals surface area contributed by atoms with Crippen molar-refractivity contribution in [1.82, 2.24) is 20.0 Å². The summed E-state index contributed by atoms with van der Waals surface area (Å²) in [5, 5.41) is 7.32. The molecule has 1 aromatic carbocycles. The topological polar surface area (TPSA) is 67.2 Å². The maximum Gasteiger partial charge on any atom is 0.257 e. The van der Waals surface area contributed by atoms with Gasteiger partial charge in [-0.1, -0.05) is 30.3 Å². The number of aromatic nitrogens is 2. The predicted molar refractivity (Wildman–Crippen MR) is 102 cm³/mol. The highest BCUT2D eigenvalue weighted by molar-refractivity contribution is 5.93. The molecule has 2 amide bonds. The predicted octanol–water partition coefficient (Wildman–Crippen LogP) is 2.45. The van der Waals surface area contributed by atoms with E-state index in [9.17, 15) is 9.59 Å². The van der Waals surface area contributed by atoms with Crippen LogP contribution in [0.2, 0.25) is 0 Å². The zero-order valence-electron chi connectivity index (χ0n) is 15.6. The largest absolute Gasteiger partial charge is 0.356 e. The minimum atomic E-state index is 0.0620. The Morgan fingerprint density at radius 3 is 2.67 bits per heavy atom. The number of amides is 2. The van der Waals surface area contributed by atoms with Crippen molar-refractivity contribution in [3.63, 3.8) is 0 Å². The summed E-state index contributed by atoms with van der Waals surface area (Å²) in [6.45, 7) is 2.95. The van der Waals surface area contributed by atoms with Crippen LogP contribution in [0.1, 0.15) is 48.0 Å². The summed E-state index contributed by atoms with van der Waals surface area (Å²) in [6, 6.07) is 10.1. The molecule has 1 aromatic heterocycles. The number of hydrogen-bond donors (Lipinski definition) is 1. The Morgan fingerprint density at radius 1 is 1.11 bits per heavy atom. The smallest absolute Gasteiger partial charge is 0.257 e. The number of likely N-dealkylation sites (tertiary alicyclic amines) is 1. The van der Waals surface area contributed by atoms with Crippen molar-refractivity contribution in [2.45, 2.75) is 38.6 Å². The van der Waals surface area contributed by atoms with Gasteiger partial charge in [0.1, 0.15) is 0 Å². The summed E-state index contributed by atoms with van der Waals surface area (Å²) in [6.07, 6.45) is 8.04. The van der Waals surface area contributed by atoms with Crippen LogP contribution in [-0.4, -0.2) is 46.1 Å². The lowest BCUT2D eigenvalue weighted by atomic mass is 9.73. The molecule has 27 heavy (non-hydrogen) atoms. The van der Waals surface area contributed by atoms with Gasteiger partial charge in [-0.15, -0.1) is 0 Å². The molecule has 2 aliphatic heterocycles. The Bertz CT molecular complexity index is 807. The quantitative estimate of drug-likeness (QED) is 0.907. The fourth-order valence-electron chi connectivity index (χ4n) is 4.26. The van der Waals surface area contributed by atoms with Gasteiger partial charge in [0, 0.05) is 32.3 Å². The van der Waals surface area contributed by atoms with E-state index in [1.807, 2.05) is 34.0 Å². The molecule has 0 aliphatic carbocycles. The summed E-state index contributed by atoms with van der Waals surface area (Å²) in [5.41, 5.74) is 2.03. The van der Waals surface area contributed by atoms with E-state index in [0.29, 0.717) is 18.5 Å². The maximum atomic E-state index is 12.9. The Hall–Kier alpha value is -2.63. The van der Waals surface area contributed by atoms with Crippen molar-refractivity contribution in [3.05, 3.63) is 53.9 Å². The van der Waals surface area contributed by atoms with Gasteiger partial charge >= 0.3 is 0 Å².